The van der Waals surface area contributed by atoms with Crippen molar-refractivity contribution in [3.8, 4) is 0 Å². The van der Waals surface area contributed by atoms with E-state index in [9.17, 15) is 0 Å². The summed E-state index contributed by atoms with van der Waals surface area (Å²) in [7, 11) is 0. The Bertz CT molecular complexity index is 289. The van der Waals surface area contributed by atoms with Crippen LogP contribution >= 0.6 is 11.6 Å². The van der Waals surface area contributed by atoms with Crippen molar-refractivity contribution in [2.24, 2.45) is 5.92 Å². The number of rotatable bonds is 1. The maximum absolute atomic E-state index is 5.79. The summed E-state index contributed by atoms with van der Waals surface area (Å²) in [6.07, 6.45) is 4.25. The standard InChI is InChI=1S/C11H15ClN2/c1-9-4-6-14(7-5-9)11-3-2-10(12)8-13-11/h2-3,8-9H,4-7H2,1H3. The summed E-state index contributed by atoms with van der Waals surface area (Å²) < 4.78 is 0. The van der Waals surface area contributed by atoms with E-state index in [4.69, 9.17) is 11.6 Å². The highest BCUT2D eigenvalue weighted by Gasteiger charge is 2.16. The van der Waals surface area contributed by atoms with Crippen molar-refractivity contribution in [1.82, 2.24) is 4.98 Å². The molecule has 1 aliphatic rings. The number of piperidine rings is 1. The smallest absolute Gasteiger partial charge is 0.128 e. The van der Waals surface area contributed by atoms with E-state index in [1.807, 2.05) is 12.1 Å². The molecule has 1 saturated heterocycles. The van der Waals surface area contributed by atoms with E-state index in [2.05, 4.69) is 16.8 Å². The number of pyridine rings is 1. The van der Waals surface area contributed by atoms with Crippen molar-refractivity contribution in [2.75, 3.05) is 18.0 Å². The molecule has 0 atom stereocenters. The average molecular weight is 211 g/mol. The van der Waals surface area contributed by atoms with Gasteiger partial charge in [-0.3, -0.25) is 0 Å². The summed E-state index contributed by atoms with van der Waals surface area (Å²) in [6.45, 7) is 4.55. The molecule has 76 valence electrons. The lowest BCUT2D eigenvalue weighted by molar-refractivity contribution is 0.436. The molecule has 0 saturated carbocycles. The van der Waals surface area contributed by atoms with Crippen LogP contribution in [0.4, 0.5) is 5.82 Å². The number of hydrogen-bond acceptors (Lipinski definition) is 2. The van der Waals surface area contributed by atoms with E-state index in [1.54, 1.807) is 6.20 Å². The van der Waals surface area contributed by atoms with E-state index in [0.29, 0.717) is 5.02 Å². The van der Waals surface area contributed by atoms with Crippen LogP contribution in [0.5, 0.6) is 0 Å². The van der Waals surface area contributed by atoms with Crippen molar-refractivity contribution in [2.45, 2.75) is 19.8 Å². The fraction of sp³-hybridized carbons (Fsp3) is 0.545. The number of halogens is 1. The van der Waals surface area contributed by atoms with Crippen molar-refractivity contribution < 1.29 is 0 Å². The van der Waals surface area contributed by atoms with Gasteiger partial charge in [0.2, 0.25) is 0 Å². The highest BCUT2D eigenvalue weighted by molar-refractivity contribution is 6.30. The Morgan fingerprint density at radius 2 is 2.07 bits per heavy atom. The van der Waals surface area contributed by atoms with Crippen LogP contribution in [0.2, 0.25) is 5.02 Å². The molecule has 14 heavy (non-hydrogen) atoms. The third kappa shape index (κ3) is 2.18. The van der Waals surface area contributed by atoms with E-state index in [-0.39, 0.29) is 0 Å². The molecular formula is C11H15ClN2. The van der Waals surface area contributed by atoms with E-state index in [0.717, 1.165) is 24.8 Å². The zero-order chi connectivity index (χ0) is 9.97. The van der Waals surface area contributed by atoms with Gasteiger partial charge in [0.05, 0.1) is 5.02 Å². The van der Waals surface area contributed by atoms with Crippen LogP contribution in [-0.4, -0.2) is 18.1 Å². The summed E-state index contributed by atoms with van der Waals surface area (Å²) in [5.41, 5.74) is 0. The zero-order valence-electron chi connectivity index (χ0n) is 8.41. The number of nitrogens with zero attached hydrogens (tertiary/aromatic N) is 2. The molecule has 2 rings (SSSR count). The minimum Gasteiger partial charge on any atom is -0.357 e. The molecule has 0 radical (unpaired) electrons. The van der Waals surface area contributed by atoms with Crippen LogP contribution in [0.1, 0.15) is 19.8 Å². The summed E-state index contributed by atoms with van der Waals surface area (Å²) in [5, 5.41) is 0.708. The second-order valence-corrected chi connectivity index (χ2v) is 4.44. The van der Waals surface area contributed by atoms with Gasteiger partial charge in [-0.15, -0.1) is 0 Å². The Kier molecular flexibility index (Phi) is 2.92. The maximum Gasteiger partial charge on any atom is 0.128 e. The summed E-state index contributed by atoms with van der Waals surface area (Å²) >= 11 is 5.79. The molecule has 1 aromatic rings. The highest BCUT2D eigenvalue weighted by Crippen LogP contribution is 2.21. The molecular weight excluding hydrogens is 196 g/mol. The Hall–Kier alpha value is -0.760. The molecule has 0 amide bonds. The van der Waals surface area contributed by atoms with Crippen molar-refractivity contribution in [3.63, 3.8) is 0 Å². The molecule has 1 fully saturated rings. The minimum atomic E-state index is 0.708. The topological polar surface area (TPSA) is 16.1 Å². The van der Waals surface area contributed by atoms with Gasteiger partial charge in [-0.1, -0.05) is 18.5 Å². The third-order valence-corrected chi connectivity index (χ3v) is 3.04. The van der Waals surface area contributed by atoms with Gasteiger partial charge in [-0.25, -0.2) is 4.98 Å². The van der Waals surface area contributed by atoms with Gasteiger partial charge < -0.3 is 4.90 Å². The average Bonchev–Trinajstić information content (AvgIpc) is 2.21. The number of hydrogen-bond donors (Lipinski definition) is 0. The lowest BCUT2D eigenvalue weighted by Gasteiger charge is -2.31. The molecule has 0 bridgehead atoms. The lowest BCUT2D eigenvalue weighted by atomic mass is 9.99. The van der Waals surface area contributed by atoms with Gasteiger partial charge in [0.1, 0.15) is 5.82 Å². The van der Waals surface area contributed by atoms with Crippen LogP contribution in [0.25, 0.3) is 0 Å². The van der Waals surface area contributed by atoms with E-state index < -0.39 is 0 Å². The van der Waals surface area contributed by atoms with Crippen LogP contribution in [-0.2, 0) is 0 Å². The molecule has 3 heteroatoms. The second kappa shape index (κ2) is 4.18. The second-order valence-electron chi connectivity index (χ2n) is 4.00. The molecule has 0 aliphatic carbocycles. The molecule has 0 unspecified atom stereocenters. The molecule has 0 aromatic carbocycles. The van der Waals surface area contributed by atoms with E-state index in [1.165, 1.54) is 12.8 Å². The van der Waals surface area contributed by atoms with Gasteiger partial charge in [0, 0.05) is 19.3 Å². The van der Waals surface area contributed by atoms with Crippen LogP contribution < -0.4 is 4.90 Å². The predicted octanol–water partition coefficient (Wildman–Crippen LogP) is 2.97. The first-order valence-corrected chi connectivity index (χ1v) is 5.50. The van der Waals surface area contributed by atoms with Crippen LogP contribution in [0, 0.1) is 5.92 Å². The SMILES string of the molecule is CC1CCN(c2ccc(Cl)cn2)CC1. The molecule has 1 aliphatic heterocycles. The normalized spacial score (nSPS) is 18.6. The van der Waals surface area contributed by atoms with Crippen LogP contribution in [0.15, 0.2) is 18.3 Å². The monoisotopic (exact) mass is 210 g/mol. The first-order chi connectivity index (χ1) is 6.75. The maximum atomic E-state index is 5.79. The zero-order valence-corrected chi connectivity index (χ0v) is 9.17. The minimum absolute atomic E-state index is 0.708. The summed E-state index contributed by atoms with van der Waals surface area (Å²) in [5.74, 6) is 1.92. The number of anilines is 1. The molecule has 2 nitrogen and oxygen atoms in total. The number of aromatic nitrogens is 1. The fourth-order valence-electron chi connectivity index (χ4n) is 1.79. The molecule has 2 heterocycles. The van der Waals surface area contributed by atoms with Gasteiger partial charge in [0.15, 0.2) is 0 Å². The first-order valence-electron chi connectivity index (χ1n) is 5.12. The molecule has 1 aromatic heterocycles. The fourth-order valence-corrected chi connectivity index (χ4v) is 1.90. The largest absolute Gasteiger partial charge is 0.357 e. The van der Waals surface area contributed by atoms with Crippen molar-refractivity contribution >= 4 is 17.4 Å². The first kappa shape index (κ1) is 9.78. The van der Waals surface area contributed by atoms with Crippen molar-refractivity contribution in [3.05, 3.63) is 23.4 Å². The molecule has 0 N–H and O–H groups in total. The summed E-state index contributed by atoms with van der Waals surface area (Å²) in [4.78, 5) is 6.65. The van der Waals surface area contributed by atoms with Crippen molar-refractivity contribution in [1.29, 1.82) is 0 Å². The van der Waals surface area contributed by atoms with Gasteiger partial charge >= 0.3 is 0 Å². The predicted molar refractivity (Wildman–Crippen MR) is 59.9 cm³/mol. The third-order valence-electron chi connectivity index (χ3n) is 2.82. The Morgan fingerprint density at radius 3 is 2.64 bits per heavy atom. The van der Waals surface area contributed by atoms with Gasteiger partial charge in [-0.2, -0.15) is 0 Å². The highest BCUT2D eigenvalue weighted by atomic mass is 35.5. The van der Waals surface area contributed by atoms with Crippen LogP contribution in [0.3, 0.4) is 0 Å². The Labute approximate surface area is 89.9 Å². The lowest BCUT2D eigenvalue weighted by Crippen LogP contribution is -2.33. The van der Waals surface area contributed by atoms with Gasteiger partial charge in [-0.05, 0) is 30.9 Å². The molecule has 0 spiro atoms. The summed E-state index contributed by atoms with van der Waals surface area (Å²) in [6, 6.07) is 3.90. The van der Waals surface area contributed by atoms with E-state index >= 15 is 0 Å². The quantitative estimate of drug-likeness (QED) is 0.709. The van der Waals surface area contributed by atoms with Gasteiger partial charge in [0.25, 0.3) is 0 Å². The Balaban J connectivity index is 2.05. The Morgan fingerprint density at radius 1 is 1.36 bits per heavy atom.